The average molecular weight is 239 g/mol. The lowest BCUT2D eigenvalue weighted by atomic mass is 10.2. The fraction of sp³-hybridized carbons (Fsp3) is 0.462. The number of carboxylic acids is 1. The maximum absolute atomic E-state index is 12.9. The number of carbonyl (C=O) groups excluding carboxylic acids is 1. The lowest BCUT2D eigenvalue weighted by Gasteiger charge is -2.14. The van der Waals surface area contributed by atoms with Crippen molar-refractivity contribution in [3.05, 3.63) is 35.6 Å². The first kappa shape index (κ1) is 13.6. The van der Waals surface area contributed by atoms with Gasteiger partial charge in [0.05, 0.1) is 13.6 Å². The molecule has 3 nitrogen and oxygen atoms in total. The molecule has 1 N–H and O–H groups in total. The third kappa shape index (κ3) is 6.02. The number of benzene rings is 1. The number of aliphatic carboxylic acids is 1. The van der Waals surface area contributed by atoms with E-state index in [2.05, 4.69) is 0 Å². The van der Waals surface area contributed by atoms with E-state index in [1.807, 2.05) is 13.1 Å². The van der Waals surface area contributed by atoms with Gasteiger partial charge in [-0.1, -0.05) is 12.1 Å². The molecule has 0 aliphatic heterocycles. The number of hydrogen-bond acceptors (Lipinski definition) is 2. The molecule has 1 unspecified atom stereocenters. The van der Waals surface area contributed by atoms with Gasteiger partial charge < -0.3 is 14.8 Å². The first-order valence-corrected chi connectivity index (χ1v) is 5.83. The molecule has 0 radical (unpaired) electrons. The zero-order chi connectivity index (χ0) is 12.7. The molecule has 94 valence electrons. The topological polar surface area (TPSA) is 44.6 Å². The fourth-order valence-electron chi connectivity index (χ4n) is 1.78. The average Bonchev–Trinajstić information content (AvgIpc) is 2.24. The number of halogens is 1. The van der Waals surface area contributed by atoms with E-state index in [4.69, 9.17) is 0 Å². The molecule has 0 spiro atoms. The van der Waals surface area contributed by atoms with E-state index in [1.165, 1.54) is 17.0 Å². The molecule has 0 amide bonds. The van der Waals surface area contributed by atoms with Crippen molar-refractivity contribution >= 4 is 5.97 Å². The van der Waals surface area contributed by atoms with E-state index in [9.17, 15) is 14.3 Å². The van der Waals surface area contributed by atoms with Gasteiger partial charge in [-0.25, -0.2) is 4.39 Å². The normalized spacial score (nSPS) is 12.4. The van der Waals surface area contributed by atoms with Crippen LogP contribution in [0.2, 0.25) is 0 Å². The minimum atomic E-state index is -0.993. The first-order chi connectivity index (χ1) is 8.08. The van der Waals surface area contributed by atoms with E-state index in [-0.39, 0.29) is 12.2 Å². The van der Waals surface area contributed by atoms with Gasteiger partial charge in [-0.3, -0.25) is 0 Å². The van der Waals surface area contributed by atoms with Gasteiger partial charge in [0.15, 0.2) is 0 Å². The van der Waals surface area contributed by atoms with Gasteiger partial charge in [0.25, 0.3) is 0 Å². The summed E-state index contributed by atoms with van der Waals surface area (Å²) >= 11 is 0. The molecule has 1 atom stereocenters. The molecule has 1 aromatic carbocycles. The molecular weight excluding hydrogens is 221 g/mol. The lowest BCUT2D eigenvalue weighted by Crippen LogP contribution is -3.07. The molecule has 0 aliphatic carbocycles. The number of rotatable bonds is 7. The van der Waals surface area contributed by atoms with Crippen LogP contribution in [0.3, 0.4) is 0 Å². The minimum Gasteiger partial charge on any atom is -0.550 e. The highest BCUT2D eigenvalue weighted by Gasteiger charge is 2.04. The Labute approximate surface area is 101 Å². The minimum absolute atomic E-state index is 0.118. The molecule has 0 bridgehead atoms. The maximum atomic E-state index is 12.9. The van der Waals surface area contributed by atoms with Crippen LogP contribution in [0.1, 0.15) is 24.8 Å². The molecule has 0 fully saturated rings. The van der Waals surface area contributed by atoms with Gasteiger partial charge in [-0.15, -0.1) is 0 Å². The monoisotopic (exact) mass is 239 g/mol. The Morgan fingerprint density at radius 3 is 2.82 bits per heavy atom. The maximum Gasteiger partial charge on any atom is 0.123 e. The molecule has 0 saturated heterocycles. The van der Waals surface area contributed by atoms with Crippen LogP contribution in [0.4, 0.5) is 4.39 Å². The van der Waals surface area contributed by atoms with Crippen molar-refractivity contribution in [3.63, 3.8) is 0 Å². The Morgan fingerprint density at radius 2 is 2.18 bits per heavy atom. The smallest absolute Gasteiger partial charge is 0.123 e. The number of hydrogen-bond donors (Lipinski definition) is 1. The Balaban J connectivity index is 2.25. The number of unbranched alkanes of at least 4 members (excludes halogenated alkanes) is 1. The van der Waals surface area contributed by atoms with Gasteiger partial charge in [0, 0.05) is 11.5 Å². The fourth-order valence-corrected chi connectivity index (χ4v) is 1.78. The second kappa shape index (κ2) is 7.01. The molecule has 0 aromatic heterocycles. The lowest BCUT2D eigenvalue weighted by molar-refractivity contribution is -0.894. The summed E-state index contributed by atoms with van der Waals surface area (Å²) in [5.41, 5.74) is 0.961. The van der Waals surface area contributed by atoms with Crippen molar-refractivity contribution < 1.29 is 19.2 Å². The van der Waals surface area contributed by atoms with Crippen molar-refractivity contribution in [1.82, 2.24) is 0 Å². The van der Waals surface area contributed by atoms with Crippen molar-refractivity contribution in [2.45, 2.75) is 25.8 Å². The summed E-state index contributed by atoms with van der Waals surface area (Å²) in [6, 6.07) is 6.56. The molecular formula is C13H18FNO2. The second-order valence-corrected chi connectivity index (χ2v) is 4.34. The Hall–Kier alpha value is -1.42. The molecule has 17 heavy (non-hydrogen) atoms. The van der Waals surface area contributed by atoms with Crippen LogP contribution in [0.15, 0.2) is 24.3 Å². The standard InChI is InChI=1S/C13H18FNO2/c1-15(8-3-2-7-13(16)17)10-11-5-4-6-12(14)9-11/h4-6,9H,2-3,7-8,10H2,1H3,(H,16,17). The predicted octanol–water partition coefficient (Wildman–Crippen LogP) is -0.239. The van der Waals surface area contributed by atoms with E-state index in [0.717, 1.165) is 25.1 Å². The number of carboxylic acid groups (broad SMARTS) is 1. The number of quaternary nitrogens is 1. The predicted molar refractivity (Wildman–Crippen MR) is 60.7 cm³/mol. The zero-order valence-electron chi connectivity index (χ0n) is 10.0. The van der Waals surface area contributed by atoms with Crippen LogP contribution >= 0.6 is 0 Å². The highest BCUT2D eigenvalue weighted by atomic mass is 19.1. The van der Waals surface area contributed by atoms with Crippen LogP contribution in [-0.2, 0) is 11.3 Å². The summed E-state index contributed by atoms with van der Waals surface area (Å²) in [6.07, 6.45) is 1.60. The summed E-state index contributed by atoms with van der Waals surface area (Å²) in [5.74, 6) is -1.21. The summed E-state index contributed by atoms with van der Waals surface area (Å²) in [7, 11) is 2.02. The Morgan fingerprint density at radius 1 is 1.41 bits per heavy atom. The highest BCUT2D eigenvalue weighted by molar-refractivity contribution is 5.64. The molecule has 0 aliphatic rings. The quantitative estimate of drug-likeness (QED) is 0.667. The van der Waals surface area contributed by atoms with Gasteiger partial charge in [0.1, 0.15) is 12.4 Å². The third-order valence-corrected chi connectivity index (χ3v) is 2.63. The van der Waals surface area contributed by atoms with E-state index in [0.29, 0.717) is 6.42 Å². The number of carbonyl (C=O) groups is 1. The first-order valence-electron chi connectivity index (χ1n) is 5.83. The van der Waals surface area contributed by atoms with Crippen molar-refractivity contribution in [3.8, 4) is 0 Å². The van der Waals surface area contributed by atoms with Crippen LogP contribution in [0.5, 0.6) is 0 Å². The van der Waals surface area contributed by atoms with Crippen LogP contribution < -0.4 is 10.0 Å². The summed E-state index contributed by atoms with van der Waals surface area (Å²) in [6.45, 7) is 1.63. The highest BCUT2D eigenvalue weighted by Crippen LogP contribution is 2.01. The van der Waals surface area contributed by atoms with E-state index >= 15 is 0 Å². The molecule has 1 rings (SSSR count). The van der Waals surface area contributed by atoms with Gasteiger partial charge >= 0.3 is 0 Å². The second-order valence-electron chi connectivity index (χ2n) is 4.34. The van der Waals surface area contributed by atoms with Gasteiger partial charge in [0.2, 0.25) is 0 Å². The van der Waals surface area contributed by atoms with Crippen molar-refractivity contribution in [1.29, 1.82) is 0 Å². The van der Waals surface area contributed by atoms with Crippen LogP contribution in [0, 0.1) is 5.82 Å². The van der Waals surface area contributed by atoms with Crippen molar-refractivity contribution in [2.75, 3.05) is 13.6 Å². The third-order valence-electron chi connectivity index (χ3n) is 2.63. The zero-order valence-corrected chi connectivity index (χ0v) is 10.0. The molecule has 0 saturated carbocycles. The largest absolute Gasteiger partial charge is 0.550 e. The Bertz CT molecular complexity index is 368. The molecule has 1 aromatic rings. The molecule has 0 heterocycles. The van der Waals surface area contributed by atoms with Crippen LogP contribution in [0.25, 0.3) is 0 Å². The molecule has 4 heteroatoms. The van der Waals surface area contributed by atoms with E-state index < -0.39 is 5.97 Å². The van der Waals surface area contributed by atoms with Crippen molar-refractivity contribution in [2.24, 2.45) is 0 Å². The van der Waals surface area contributed by atoms with E-state index in [1.54, 1.807) is 6.07 Å². The summed E-state index contributed by atoms with van der Waals surface area (Å²) in [4.78, 5) is 11.5. The van der Waals surface area contributed by atoms with Gasteiger partial charge in [-0.2, -0.15) is 0 Å². The van der Waals surface area contributed by atoms with Gasteiger partial charge in [-0.05, 0) is 31.4 Å². The summed E-state index contributed by atoms with van der Waals surface area (Å²) in [5, 5.41) is 10.2. The Kier molecular flexibility index (Phi) is 5.63. The number of nitrogens with one attached hydrogen (secondary N) is 1. The van der Waals surface area contributed by atoms with Crippen LogP contribution in [-0.4, -0.2) is 19.6 Å². The summed E-state index contributed by atoms with van der Waals surface area (Å²) < 4.78 is 12.9. The SMILES string of the molecule is C[NH+](CCCCC(=O)[O-])Cc1cccc(F)c1.